The first kappa shape index (κ1) is 22.7. The molecule has 0 aromatic carbocycles. The van der Waals surface area contributed by atoms with Crippen LogP contribution in [0.15, 0.2) is 0 Å². The van der Waals surface area contributed by atoms with Crippen molar-refractivity contribution in [3.8, 4) is 0 Å². The third kappa shape index (κ3) is 3.70. The first-order valence-corrected chi connectivity index (χ1v) is 11.0. The van der Waals surface area contributed by atoms with Crippen LogP contribution in [0.3, 0.4) is 0 Å². The summed E-state index contributed by atoms with van der Waals surface area (Å²) >= 11 is -0.801. The van der Waals surface area contributed by atoms with Crippen LogP contribution in [0.2, 0.25) is 0 Å². The molecule has 9 nitrogen and oxygen atoms in total. The van der Waals surface area contributed by atoms with Gasteiger partial charge in [-0.25, -0.2) is 4.79 Å². The maximum atomic E-state index is 13.8. The van der Waals surface area contributed by atoms with Crippen molar-refractivity contribution in [3.63, 3.8) is 0 Å². The third-order valence-corrected chi connectivity index (χ3v) is 7.77. The Balaban J connectivity index is 1.52. The molecule has 0 radical (unpaired) electrons. The monoisotopic (exact) mass is 465 g/mol. The van der Waals surface area contributed by atoms with Gasteiger partial charge in [-0.1, -0.05) is 13.8 Å². The molecule has 3 aliphatic carbocycles. The second-order valence-corrected chi connectivity index (χ2v) is 9.79. The lowest BCUT2D eigenvalue weighted by Gasteiger charge is -2.37. The number of halogens is 2. The van der Waals surface area contributed by atoms with Crippen molar-refractivity contribution >= 4 is 30.0 Å². The standard InChI is InChI=1S/C19H24F2O9S/c1-8(2)18(5-3-4-6-18)28-16(23)12-10-7-9-11(12)15(22)26-13(9)14(10)27-17(24)19(20,21)31-30-29-25/h8-14,25H,3-7H2,1-2H3/p-1. The summed E-state index contributed by atoms with van der Waals surface area (Å²) in [6, 6.07) is 0. The molecule has 0 aromatic heterocycles. The summed E-state index contributed by atoms with van der Waals surface area (Å²) in [5.74, 6) is -5.81. The summed E-state index contributed by atoms with van der Waals surface area (Å²) in [6.45, 7) is 3.94. The molecule has 0 aromatic rings. The molecule has 0 N–H and O–H groups in total. The van der Waals surface area contributed by atoms with Crippen LogP contribution in [-0.2, 0) is 38.0 Å². The number of hydrogen-bond donors (Lipinski definition) is 0. The average Bonchev–Trinajstić information content (AvgIpc) is 3.44. The normalized spacial score (nSPS) is 35.5. The first-order valence-electron chi connectivity index (χ1n) is 10.3. The number of rotatable bonds is 8. The van der Waals surface area contributed by atoms with Crippen LogP contribution >= 0.6 is 12.0 Å². The molecule has 174 valence electrons. The van der Waals surface area contributed by atoms with E-state index in [-0.39, 0.29) is 5.92 Å². The van der Waals surface area contributed by atoms with E-state index in [1.807, 2.05) is 13.8 Å². The number of hydrogen-bond acceptors (Lipinski definition) is 10. The lowest BCUT2D eigenvalue weighted by molar-refractivity contribution is -0.777. The minimum atomic E-state index is -4.23. The summed E-state index contributed by atoms with van der Waals surface area (Å²) in [7, 11) is 0. The highest BCUT2D eigenvalue weighted by atomic mass is 32.2. The summed E-state index contributed by atoms with van der Waals surface area (Å²) < 4.78 is 47.4. The maximum absolute atomic E-state index is 13.8. The van der Waals surface area contributed by atoms with E-state index in [1.54, 1.807) is 0 Å². The van der Waals surface area contributed by atoms with E-state index in [9.17, 15) is 28.4 Å². The second-order valence-electron chi connectivity index (χ2n) is 8.97. The van der Waals surface area contributed by atoms with E-state index in [1.165, 1.54) is 0 Å². The van der Waals surface area contributed by atoms with Crippen molar-refractivity contribution in [1.29, 1.82) is 0 Å². The molecular weight excluding hydrogens is 442 g/mol. The van der Waals surface area contributed by atoms with Gasteiger partial charge in [0.2, 0.25) is 0 Å². The Kier molecular flexibility index (Phi) is 5.95. The number of ether oxygens (including phenoxy) is 3. The van der Waals surface area contributed by atoms with Gasteiger partial charge in [-0.05, 0) is 38.0 Å². The van der Waals surface area contributed by atoms with Crippen molar-refractivity contribution < 1.29 is 52.0 Å². The van der Waals surface area contributed by atoms with E-state index in [0.717, 1.165) is 25.7 Å². The minimum Gasteiger partial charge on any atom is -0.691 e. The summed E-state index contributed by atoms with van der Waals surface area (Å²) in [5, 5.41) is 8.40. The summed E-state index contributed by atoms with van der Waals surface area (Å²) in [4.78, 5) is 37.6. The Labute approximate surface area is 181 Å². The van der Waals surface area contributed by atoms with Crippen LogP contribution < -0.4 is 5.26 Å². The van der Waals surface area contributed by atoms with Gasteiger partial charge < -0.3 is 19.5 Å². The van der Waals surface area contributed by atoms with Crippen molar-refractivity contribution in [2.45, 2.75) is 69.0 Å². The molecule has 1 aliphatic heterocycles. The van der Waals surface area contributed by atoms with Crippen LogP contribution in [0.25, 0.3) is 0 Å². The average molecular weight is 465 g/mol. The van der Waals surface area contributed by atoms with Crippen molar-refractivity contribution in [2.75, 3.05) is 0 Å². The van der Waals surface area contributed by atoms with Crippen LogP contribution in [0.1, 0.15) is 46.0 Å². The van der Waals surface area contributed by atoms with Crippen LogP contribution in [0.4, 0.5) is 8.78 Å². The smallest absolute Gasteiger partial charge is 0.415 e. The van der Waals surface area contributed by atoms with Gasteiger partial charge in [-0.15, -0.1) is 0 Å². The van der Waals surface area contributed by atoms with Gasteiger partial charge >= 0.3 is 23.2 Å². The lowest BCUT2D eigenvalue weighted by atomic mass is 9.78. The molecule has 4 rings (SSSR count). The molecule has 0 spiro atoms. The predicted molar refractivity (Wildman–Crippen MR) is 95.2 cm³/mol. The molecule has 3 saturated carbocycles. The molecule has 1 heterocycles. The van der Waals surface area contributed by atoms with E-state index in [2.05, 4.69) is 9.37 Å². The highest BCUT2D eigenvalue weighted by molar-refractivity contribution is 7.96. The van der Waals surface area contributed by atoms with Gasteiger partial charge in [0.1, 0.15) is 29.9 Å². The Hall–Kier alpha value is -1.50. The number of esters is 3. The molecular formula is C19H23F2O9S-. The Bertz CT molecular complexity index is 755. The Morgan fingerprint density at radius 2 is 1.94 bits per heavy atom. The first-order chi connectivity index (χ1) is 14.6. The van der Waals surface area contributed by atoms with E-state index in [0.29, 0.717) is 6.42 Å². The van der Waals surface area contributed by atoms with Crippen LogP contribution in [0.5, 0.6) is 0 Å². The zero-order valence-electron chi connectivity index (χ0n) is 16.9. The molecule has 6 atom stereocenters. The fourth-order valence-electron chi connectivity index (χ4n) is 5.79. The molecule has 31 heavy (non-hydrogen) atoms. The number of carbonyl (C=O) groups is 3. The van der Waals surface area contributed by atoms with Crippen molar-refractivity contribution in [2.24, 2.45) is 29.6 Å². The van der Waals surface area contributed by atoms with Gasteiger partial charge in [0.05, 0.1) is 11.8 Å². The topological polar surface area (TPSA) is 120 Å². The molecule has 6 unspecified atom stereocenters. The largest absolute Gasteiger partial charge is 0.691 e. The van der Waals surface area contributed by atoms with Crippen molar-refractivity contribution in [1.82, 2.24) is 0 Å². The highest BCUT2D eigenvalue weighted by Gasteiger charge is 2.71. The molecule has 4 fully saturated rings. The van der Waals surface area contributed by atoms with E-state index >= 15 is 0 Å². The van der Waals surface area contributed by atoms with E-state index in [4.69, 9.17) is 14.2 Å². The fourth-order valence-corrected chi connectivity index (χ4v) is 6.02. The zero-order valence-corrected chi connectivity index (χ0v) is 17.7. The molecule has 4 aliphatic rings. The van der Waals surface area contributed by atoms with Crippen LogP contribution in [0, 0.1) is 29.6 Å². The van der Waals surface area contributed by atoms with E-state index < -0.39 is 76.7 Å². The fraction of sp³-hybridized carbons (Fsp3) is 0.842. The Morgan fingerprint density at radius 1 is 1.26 bits per heavy atom. The highest BCUT2D eigenvalue weighted by Crippen LogP contribution is 2.59. The lowest BCUT2D eigenvalue weighted by Crippen LogP contribution is -2.48. The SMILES string of the molecule is CC(C)C1(OC(=O)C2C3CC4C(OC(=O)C42)C3OC(=O)C(F)(F)SOO[O-])CCCC1. The summed E-state index contributed by atoms with van der Waals surface area (Å²) in [5.41, 5.74) is -0.619. The molecule has 12 heteroatoms. The quantitative estimate of drug-likeness (QED) is 0.172. The van der Waals surface area contributed by atoms with Gasteiger partial charge in [0, 0.05) is 11.8 Å². The second kappa shape index (κ2) is 8.13. The zero-order chi connectivity index (χ0) is 22.6. The maximum Gasteiger partial charge on any atom is 0.415 e. The third-order valence-electron chi connectivity index (χ3n) is 7.27. The number of fused-ring (bicyclic) bond motifs is 1. The van der Waals surface area contributed by atoms with Gasteiger partial charge in [-0.2, -0.15) is 13.1 Å². The van der Waals surface area contributed by atoms with Gasteiger partial charge in [-0.3, -0.25) is 14.6 Å². The minimum absolute atomic E-state index is 0.0772. The van der Waals surface area contributed by atoms with Gasteiger partial charge in [0.25, 0.3) is 0 Å². The van der Waals surface area contributed by atoms with Crippen molar-refractivity contribution in [3.05, 3.63) is 0 Å². The summed E-state index contributed by atoms with van der Waals surface area (Å²) in [6.07, 6.45) is 1.52. The molecule has 2 bridgehead atoms. The Morgan fingerprint density at radius 3 is 2.55 bits per heavy atom. The number of alkyl halides is 2. The van der Waals surface area contributed by atoms with Gasteiger partial charge in [0.15, 0.2) is 0 Å². The molecule has 1 saturated heterocycles. The van der Waals surface area contributed by atoms with Crippen LogP contribution in [-0.4, -0.2) is 41.0 Å². The predicted octanol–water partition coefficient (Wildman–Crippen LogP) is 1.68. The number of carbonyl (C=O) groups excluding carboxylic acids is 3. The molecule has 0 amide bonds.